The van der Waals surface area contributed by atoms with Gasteiger partial charge in [0.15, 0.2) is 5.78 Å². The zero-order chi connectivity index (χ0) is 18.1. The van der Waals surface area contributed by atoms with E-state index in [0.29, 0.717) is 11.1 Å². The highest BCUT2D eigenvalue weighted by atomic mass is 16.5. The maximum Gasteiger partial charge on any atom is 0.194 e. The Morgan fingerprint density at radius 2 is 0.962 bits per heavy atom. The van der Waals surface area contributed by atoms with E-state index >= 15 is 0 Å². The summed E-state index contributed by atoms with van der Waals surface area (Å²) in [7, 11) is 3.28. The molecule has 0 atom stereocenters. The molecule has 0 aliphatic rings. The first kappa shape index (κ1) is 16.2. The monoisotopic (exact) mass is 342 g/mol. The number of benzene rings is 4. The van der Waals surface area contributed by atoms with E-state index in [-0.39, 0.29) is 5.78 Å². The highest BCUT2D eigenvalue weighted by Crippen LogP contribution is 2.32. The molecule has 3 nitrogen and oxygen atoms in total. The highest BCUT2D eigenvalue weighted by molar-refractivity contribution is 6.22. The third-order valence-corrected chi connectivity index (χ3v) is 4.69. The van der Waals surface area contributed by atoms with Crippen molar-refractivity contribution in [1.29, 1.82) is 0 Å². The average Bonchev–Trinajstić information content (AvgIpc) is 2.71. The quantitative estimate of drug-likeness (QED) is 0.476. The SMILES string of the molecule is COc1cccc2c(C(=O)c3cccc4c(OC)cccc34)cccc12. The van der Waals surface area contributed by atoms with Crippen molar-refractivity contribution in [3.63, 3.8) is 0 Å². The van der Waals surface area contributed by atoms with Crippen LogP contribution < -0.4 is 9.47 Å². The maximum atomic E-state index is 13.4. The minimum absolute atomic E-state index is 0.0114. The molecule has 0 aliphatic heterocycles. The number of methoxy groups -OCH3 is 2. The third kappa shape index (κ3) is 2.49. The number of rotatable bonds is 4. The van der Waals surface area contributed by atoms with E-state index < -0.39 is 0 Å². The summed E-state index contributed by atoms with van der Waals surface area (Å²) < 4.78 is 10.9. The fourth-order valence-electron chi connectivity index (χ4n) is 3.46. The lowest BCUT2D eigenvalue weighted by Crippen LogP contribution is -2.03. The second-order valence-corrected chi connectivity index (χ2v) is 6.05. The van der Waals surface area contributed by atoms with Gasteiger partial charge in [-0.3, -0.25) is 4.79 Å². The van der Waals surface area contributed by atoms with Gasteiger partial charge in [-0.05, 0) is 22.9 Å². The molecule has 0 N–H and O–H groups in total. The molecule has 4 aromatic carbocycles. The number of hydrogen-bond donors (Lipinski definition) is 0. The van der Waals surface area contributed by atoms with Crippen LogP contribution in [0.5, 0.6) is 11.5 Å². The Morgan fingerprint density at radius 1 is 0.577 bits per heavy atom. The van der Waals surface area contributed by atoms with Crippen LogP contribution in [0.4, 0.5) is 0 Å². The lowest BCUT2D eigenvalue weighted by Gasteiger charge is -2.12. The number of hydrogen-bond acceptors (Lipinski definition) is 3. The van der Waals surface area contributed by atoms with Gasteiger partial charge in [0.1, 0.15) is 11.5 Å². The van der Waals surface area contributed by atoms with Gasteiger partial charge < -0.3 is 9.47 Å². The number of ether oxygens (including phenoxy) is 2. The summed E-state index contributed by atoms with van der Waals surface area (Å²) in [4.78, 5) is 13.4. The molecule has 0 saturated carbocycles. The maximum absolute atomic E-state index is 13.4. The molecule has 3 heteroatoms. The average molecular weight is 342 g/mol. The van der Waals surface area contributed by atoms with Gasteiger partial charge in [0.2, 0.25) is 0 Å². The Balaban J connectivity index is 1.95. The zero-order valence-corrected chi connectivity index (χ0v) is 14.7. The van der Waals surface area contributed by atoms with Gasteiger partial charge in [0.05, 0.1) is 14.2 Å². The largest absolute Gasteiger partial charge is 0.496 e. The van der Waals surface area contributed by atoms with Gasteiger partial charge >= 0.3 is 0 Å². The lowest BCUT2D eigenvalue weighted by molar-refractivity contribution is 0.104. The van der Waals surface area contributed by atoms with E-state index in [4.69, 9.17) is 9.47 Å². The van der Waals surface area contributed by atoms with Gasteiger partial charge in [0, 0.05) is 21.9 Å². The van der Waals surface area contributed by atoms with Crippen molar-refractivity contribution in [2.24, 2.45) is 0 Å². The fourth-order valence-corrected chi connectivity index (χ4v) is 3.46. The first-order valence-electron chi connectivity index (χ1n) is 8.40. The van der Waals surface area contributed by atoms with E-state index in [2.05, 4.69) is 0 Å². The molecule has 0 aliphatic carbocycles. The summed E-state index contributed by atoms with van der Waals surface area (Å²) in [5.74, 6) is 1.51. The van der Waals surface area contributed by atoms with E-state index in [9.17, 15) is 4.79 Å². The molecule has 0 fully saturated rings. The predicted molar refractivity (Wildman–Crippen MR) is 104 cm³/mol. The summed E-state index contributed by atoms with van der Waals surface area (Å²) in [5, 5.41) is 3.63. The molecule has 0 saturated heterocycles. The Morgan fingerprint density at radius 3 is 1.38 bits per heavy atom. The summed E-state index contributed by atoms with van der Waals surface area (Å²) in [6.07, 6.45) is 0. The van der Waals surface area contributed by atoms with Crippen LogP contribution in [-0.4, -0.2) is 20.0 Å². The van der Waals surface area contributed by atoms with Crippen molar-refractivity contribution in [2.75, 3.05) is 14.2 Å². The summed E-state index contributed by atoms with van der Waals surface area (Å²) in [6, 6.07) is 23.0. The van der Waals surface area contributed by atoms with Crippen molar-refractivity contribution >= 4 is 27.3 Å². The van der Waals surface area contributed by atoms with Crippen LogP contribution >= 0.6 is 0 Å². The van der Waals surface area contributed by atoms with Crippen LogP contribution in [0, 0.1) is 0 Å². The molecule has 0 unspecified atom stereocenters. The number of ketones is 1. The van der Waals surface area contributed by atoms with E-state index in [1.807, 2.05) is 72.8 Å². The molecule has 0 heterocycles. The fraction of sp³-hybridized carbons (Fsp3) is 0.0870. The molecule has 128 valence electrons. The van der Waals surface area contributed by atoms with Gasteiger partial charge in [-0.1, -0.05) is 60.7 Å². The molecular formula is C23H18O3. The Hall–Kier alpha value is -3.33. The second-order valence-electron chi connectivity index (χ2n) is 6.05. The van der Waals surface area contributed by atoms with Gasteiger partial charge in [-0.15, -0.1) is 0 Å². The van der Waals surface area contributed by atoms with Crippen LogP contribution in [0.15, 0.2) is 72.8 Å². The molecule has 26 heavy (non-hydrogen) atoms. The molecule has 0 spiro atoms. The second kappa shape index (κ2) is 6.52. The van der Waals surface area contributed by atoms with Gasteiger partial charge in [-0.25, -0.2) is 0 Å². The predicted octanol–water partition coefficient (Wildman–Crippen LogP) is 5.24. The van der Waals surface area contributed by atoms with Crippen LogP contribution in [0.2, 0.25) is 0 Å². The van der Waals surface area contributed by atoms with Crippen LogP contribution in [0.3, 0.4) is 0 Å². The Labute approximate surface area is 151 Å². The minimum atomic E-state index is -0.0114. The molecule has 0 bridgehead atoms. The lowest BCUT2D eigenvalue weighted by atomic mass is 9.93. The number of fused-ring (bicyclic) bond motifs is 2. The number of carbonyl (C=O) groups is 1. The number of carbonyl (C=O) groups excluding carboxylic acids is 1. The van der Waals surface area contributed by atoms with Gasteiger partial charge in [-0.2, -0.15) is 0 Å². The first-order chi connectivity index (χ1) is 12.7. The van der Waals surface area contributed by atoms with Crippen molar-refractivity contribution in [2.45, 2.75) is 0 Å². The Kier molecular flexibility index (Phi) is 4.05. The van der Waals surface area contributed by atoms with Crippen LogP contribution in [0.25, 0.3) is 21.5 Å². The normalized spacial score (nSPS) is 10.8. The standard InChI is InChI=1S/C23H18O3/c1-25-21-13-5-7-15-17(21)9-3-11-19(15)23(24)20-12-4-10-18-16(20)8-6-14-22(18)26-2/h3-14H,1-2H3. The summed E-state index contributed by atoms with van der Waals surface area (Å²) >= 11 is 0. The molecule has 0 radical (unpaired) electrons. The van der Waals surface area contributed by atoms with E-state index in [1.165, 1.54) is 0 Å². The first-order valence-corrected chi connectivity index (χ1v) is 8.40. The van der Waals surface area contributed by atoms with Crippen molar-refractivity contribution in [3.05, 3.63) is 83.9 Å². The minimum Gasteiger partial charge on any atom is -0.496 e. The third-order valence-electron chi connectivity index (χ3n) is 4.69. The van der Waals surface area contributed by atoms with Crippen molar-refractivity contribution in [1.82, 2.24) is 0 Å². The molecule has 0 amide bonds. The zero-order valence-electron chi connectivity index (χ0n) is 14.7. The van der Waals surface area contributed by atoms with Crippen molar-refractivity contribution < 1.29 is 14.3 Å². The van der Waals surface area contributed by atoms with Crippen molar-refractivity contribution in [3.8, 4) is 11.5 Å². The smallest absolute Gasteiger partial charge is 0.194 e. The molecule has 0 aromatic heterocycles. The molecule has 4 aromatic rings. The summed E-state index contributed by atoms with van der Waals surface area (Å²) in [6.45, 7) is 0. The van der Waals surface area contributed by atoms with E-state index in [1.54, 1.807) is 14.2 Å². The molecular weight excluding hydrogens is 324 g/mol. The van der Waals surface area contributed by atoms with Crippen LogP contribution in [-0.2, 0) is 0 Å². The van der Waals surface area contributed by atoms with E-state index in [0.717, 1.165) is 33.0 Å². The topological polar surface area (TPSA) is 35.5 Å². The molecule has 4 rings (SSSR count). The summed E-state index contributed by atoms with van der Waals surface area (Å²) in [5.41, 5.74) is 1.33. The highest BCUT2D eigenvalue weighted by Gasteiger charge is 2.17. The van der Waals surface area contributed by atoms with Gasteiger partial charge in [0.25, 0.3) is 0 Å². The van der Waals surface area contributed by atoms with Crippen LogP contribution in [0.1, 0.15) is 15.9 Å². The Bertz CT molecular complexity index is 1040.